The second-order valence-corrected chi connectivity index (χ2v) is 12.4. The van der Waals surface area contributed by atoms with Crippen LogP contribution in [0.5, 0.6) is 0 Å². The number of hydrogen-bond acceptors (Lipinski definition) is 2. The number of fused-ring (bicyclic) bond motifs is 8. The summed E-state index contributed by atoms with van der Waals surface area (Å²) >= 11 is 0. The highest BCUT2D eigenvalue weighted by atomic mass is 16.3. The van der Waals surface area contributed by atoms with Gasteiger partial charge in [0, 0.05) is 38.6 Å². The van der Waals surface area contributed by atoms with Gasteiger partial charge in [-0.15, -0.1) is 0 Å². The predicted molar refractivity (Wildman–Crippen MR) is 196 cm³/mol. The largest absolute Gasteiger partial charge is 0.456 e. The van der Waals surface area contributed by atoms with Crippen LogP contribution < -0.4 is 0 Å². The van der Waals surface area contributed by atoms with Crippen molar-refractivity contribution < 1.29 is 4.42 Å². The van der Waals surface area contributed by atoms with Crippen LogP contribution in [0.4, 0.5) is 0 Å². The normalized spacial score (nSPS) is 11.9. The van der Waals surface area contributed by atoms with Crippen LogP contribution in [0.1, 0.15) is 5.56 Å². The van der Waals surface area contributed by atoms with Crippen molar-refractivity contribution in [2.45, 2.75) is 6.92 Å². The third-order valence-corrected chi connectivity index (χ3v) is 9.74. The Balaban J connectivity index is 1.41. The first-order valence-corrected chi connectivity index (χ1v) is 16.1. The first kappa shape index (κ1) is 26.1. The Bertz CT molecular complexity index is 2860. The van der Waals surface area contributed by atoms with E-state index in [1.165, 1.54) is 32.7 Å². The van der Waals surface area contributed by atoms with Crippen LogP contribution >= 0.6 is 0 Å². The molecule has 0 aliphatic heterocycles. The quantitative estimate of drug-likeness (QED) is 0.202. The molecule has 0 saturated carbocycles. The smallest absolute Gasteiger partial charge is 0.137 e. The number of para-hydroxylation sites is 2. The minimum absolute atomic E-state index is 0.880. The molecule has 0 atom stereocenters. The van der Waals surface area contributed by atoms with Crippen molar-refractivity contribution in [3.63, 3.8) is 0 Å². The highest BCUT2D eigenvalue weighted by molar-refractivity contribution is 6.20. The van der Waals surface area contributed by atoms with Crippen molar-refractivity contribution in [2.75, 3.05) is 0 Å². The van der Waals surface area contributed by atoms with Crippen molar-refractivity contribution in [2.24, 2.45) is 0 Å². The molecule has 3 nitrogen and oxygen atoms in total. The summed E-state index contributed by atoms with van der Waals surface area (Å²) in [4.78, 5) is 5.48. The van der Waals surface area contributed by atoms with E-state index in [-0.39, 0.29) is 0 Å². The molecular weight excluding hydrogens is 572 g/mol. The molecule has 47 heavy (non-hydrogen) atoms. The van der Waals surface area contributed by atoms with Gasteiger partial charge in [0.15, 0.2) is 0 Å². The van der Waals surface area contributed by atoms with E-state index in [0.717, 1.165) is 66.4 Å². The lowest BCUT2D eigenvalue weighted by atomic mass is 9.94. The molecule has 7 aromatic carbocycles. The van der Waals surface area contributed by atoms with Crippen LogP contribution in [0, 0.1) is 6.92 Å². The molecule has 10 rings (SSSR count). The lowest BCUT2D eigenvalue weighted by Gasteiger charge is -2.20. The summed E-state index contributed by atoms with van der Waals surface area (Å²) < 4.78 is 8.93. The van der Waals surface area contributed by atoms with Crippen LogP contribution in [-0.4, -0.2) is 9.55 Å². The summed E-state index contributed by atoms with van der Waals surface area (Å²) in [6.45, 7) is 2.24. The topological polar surface area (TPSA) is 31.0 Å². The third kappa shape index (κ3) is 3.84. The van der Waals surface area contributed by atoms with E-state index >= 15 is 0 Å². The van der Waals surface area contributed by atoms with Gasteiger partial charge in [-0.3, -0.25) is 0 Å². The molecule has 10 aromatic rings. The average molecular weight is 601 g/mol. The van der Waals surface area contributed by atoms with E-state index in [4.69, 9.17) is 9.40 Å². The first-order valence-electron chi connectivity index (χ1n) is 16.1. The fourth-order valence-corrected chi connectivity index (χ4v) is 7.55. The van der Waals surface area contributed by atoms with Crippen molar-refractivity contribution >= 4 is 65.4 Å². The van der Waals surface area contributed by atoms with Gasteiger partial charge in [0.05, 0.1) is 27.9 Å². The molecular formula is C44H28N2O. The maximum atomic E-state index is 6.49. The first-order chi connectivity index (χ1) is 23.2. The van der Waals surface area contributed by atoms with E-state index in [9.17, 15) is 0 Å². The lowest BCUT2D eigenvalue weighted by Crippen LogP contribution is -2.04. The Morgan fingerprint density at radius 2 is 1.13 bits per heavy atom. The molecule has 0 radical (unpaired) electrons. The zero-order valence-corrected chi connectivity index (χ0v) is 25.7. The summed E-state index contributed by atoms with van der Waals surface area (Å²) in [5, 5.41) is 8.23. The van der Waals surface area contributed by atoms with Crippen LogP contribution in [-0.2, 0) is 0 Å². The molecule has 0 aliphatic carbocycles. The highest BCUT2D eigenvalue weighted by Crippen LogP contribution is 2.44. The van der Waals surface area contributed by atoms with Gasteiger partial charge in [-0.25, -0.2) is 4.98 Å². The van der Waals surface area contributed by atoms with Gasteiger partial charge < -0.3 is 8.98 Å². The number of rotatable bonds is 3. The fourth-order valence-electron chi connectivity index (χ4n) is 7.55. The maximum Gasteiger partial charge on any atom is 0.137 e. The van der Waals surface area contributed by atoms with Gasteiger partial charge in [-0.05, 0) is 64.7 Å². The third-order valence-electron chi connectivity index (χ3n) is 9.74. The number of furan rings is 1. The molecule has 0 aliphatic rings. The number of benzene rings is 7. The molecule has 0 fully saturated rings. The molecule has 0 unspecified atom stereocenters. The van der Waals surface area contributed by atoms with Crippen LogP contribution in [0.3, 0.4) is 0 Å². The second-order valence-electron chi connectivity index (χ2n) is 12.4. The standard InChI is InChI=1S/C44H28N2O/c1-27-31-17-9-11-21-38(31)45-43(34-20-8-7-18-32(34)28-13-3-2-4-14-28)44(27)46-39-24-30-16-6-5-15-29(30)23-35(39)36-25-37-33-19-10-12-22-41(33)47-42(37)26-40(36)46/h2-26H,1H3. The Morgan fingerprint density at radius 1 is 0.489 bits per heavy atom. The molecule has 0 amide bonds. The summed E-state index contributed by atoms with van der Waals surface area (Å²) in [7, 11) is 0. The molecule has 220 valence electrons. The van der Waals surface area contributed by atoms with E-state index in [1.807, 2.05) is 6.07 Å². The molecule has 0 spiro atoms. The maximum absolute atomic E-state index is 6.49. The number of aryl methyl sites for hydroxylation is 1. The van der Waals surface area contributed by atoms with Gasteiger partial charge in [-0.1, -0.05) is 115 Å². The van der Waals surface area contributed by atoms with Crippen molar-refractivity contribution in [1.29, 1.82) is 0 Å². The monoisotopic (exact) mass is 600 g/mol. The lowest BCUT2D eigenvalue weighted by molar-refractivity contribution is 0.669. The highest BCUT2D eigenvalue weighted by Gasteiger charge is 2.24. The summed E-state index contributed by atoms with van der Waals surface area (Å²) in [6, 6.07) is 54.0. The zero-order chi connectivity index (χ0) is 31.1. The number of aromatic nitrogens is 2. The van der Waals surface area contributed by atoms with E-state index in [1.54, 1.807) is 0 Å². The number of hydrogen-bond donors (Lipinski definition) is 0. The van der Waals surface area contributed by atoms with E-state index < -0.39 is 0 Å². The van der Waals surface area contributed by atoms with Gasteiger partial charge >= 0.3 is 0 Å². The Hall–Kier alpha value is -6.19. The fraction of sp³-hybridized carbons (Fsp3) is 0.0227. The molecule has 3 aromatic heterocycles. The second kappa shape index (κ2) is 9.90. The predicted octanol–water partition coefficient (Wildman–Crippen LogP) is 12.0. The van der Waals surface area contributed by atoms with Crippen LogP contribution in [0.25, 0.3) is 93.5 Å². The van der Waals surface area contributed by atoms with Crippen molar-refractivity contribution in [3.05, 3.63) is 157 Å². The SMILES string of the molecule is Cc1c(-n2c3cc4ccccc4cc3c3cc4c(cc32)oc2ccccc24)c(-c2ccccc2-c2ccccc2)nc2ccccc12. The number of nitrogens with zero attached hydrogens (tertiary/aromatic N) is 2. The van der Waals surface area contributed by atoms with Crippen molar-refractivity contribution in [3.8, 4) is 28.1 Å². The zero-order valence-electron chi connectivity index (χ0n) is 25.7. The molecule has 0 saturated heterocycles. The van der Waals surface area contributed by atoms with Gasteiger partial charge in [-0.2, -0.15) is 0 Å². The summed E-state index contributed by atoms with van der Waals surface area (Å²) in [6.07, 6.45) is 0. The van der Waals surface area contributed by atoms with E-state index in [0.29, 0.717) is 0 Å². The molecule has 3 heterocycles. The minimum atomic E-state index is 0.880. The van der Waals surface area contributed by atoms with E-state index in [2.05, 4.69) is 157 Å². The van der Waals surface area contributed by atoms with Crippen LogP contribution in [0.15, 0.2) is 156 Å². The Labute approximate surface area is 270 Å². The minimum Gasteiger partial charge on any atom is -0.456 e. The van der Waals surface area contributed by atoms with Gasteiger partial charge in [0.2, 0.25) is 0 Å². The average Bonchev–Trinajstić information content (AvgIpc) is 3.64. The van der Waals surface area contributed by atoms with Crippen LogP contribution in [0.2, 0.25) is 0 Å². The Morgan fingerprint density at radius 3 is 1.98 bits per heavy atom. The Kier molecular flexibility index (Phi) is 5.49. The molecule has 0 N–H and O–H groups in total. The summed E-state index contributed by atoms with van der Waals surface area (Å²) in [5.41, 5.74) is 11.7. The van der Waals surface area contributed by atoms with Crippen molar-refractivity contribution in [1.82, 2.24) is 9.55 Å². The summed E-state index contributed by atoms with van der Waals surface area (Å²) in [5.74, 6) is 0. The molecule has 0 bridgehead atoms. The van der Waals surface area contributed by atoms with Gasteiger partial charge in [0.1, 0.15) is 11.2 Å². The number of pyridine rings is 1. The van der Waals surface area contributed by atoms with Gasteiger partial charge in [0.25, 0.3) is 0 Å². The molecule has 3 heteroatoms.